The third-order valence-corrected chi connectivity index (χ3v) is 6.50. The Labute approximate surface area is 202 Å². The van der Waals surface area contributed by atoms with Crippen molar-refractivity contribution < 1.29 is 23.5 Å². The highest BCUT2D eigenvalue weighted by Gasteiger charge is 2.53. The molecule has 5 rings (SSSR count). The number of nitrogens with zero attached hydrogens (tertiary/aromatic N) is 3. The fraction of sp³-hybridized carbons (Fsp3) is 0.360. The van der Waals surface area contributed by atoms with Gasteiger partial charge < -0.3 is 29.3 Å². The summed E-state index contributed by atoms with van der Waals surface area (Å²) in [5, 5.41) is 5.72. The van der Waals surface area contributed by atoms with Crippen LogP contribution >= 0.6 is 0 Å². The average molecular weight is 478 g/mol. The fourth-order valence-electron chi connectivity index (χ4n) is 4.50. The number of aromatic nitrogens is 2. The number of furan rings is 1. The summed E-state index contributed by atoms with van der Waals surface area (Å²) in [6.45, 7) is 2.48. The SMILES string of the molecule is COc1ccc(CNC(=O)[C@]2(C)Cn3cnc(C(=O)NCc4ccco4)c3C(=O)N2C2CC2)cc1. The van der Waals surface area contributed by atoms with Crippen LogP contribution in [0.4, 0.5) is 0 Å². The van der Waals surface area contributed by atoms with E-state index in [1.54, 1.807) is 35.6 Å². The predicted molar refractivity (Wildman–Crippen MR) is 125 cm³/mol. The molecule has 0 bridgehead atoms. The molecule has 10 heteroatoms. The van der Waals surface area contributed by atoms with Gasteiger partial charge in [-0.05, 0) is 49.6 Å². The van der Waals surface area contributed by atoms with Crippen LogP contribution in [0.1, 0.15) is 52.1 Å². The van der Waals surface area contributed by atoms with Crippen LogP contribution in [-0.2, 0) is 24.4 Å². The summed E-state index contributed by atoms with van der Waals surface area (Å²) >= 11 is 0. The van der Waals surface area contributed by atoms with E-state index in [9.17, 15) is 14.4 Å². The molecule has 0 unspecified atom stereocenters. The number of amides is 3. The van der Waals surface area contributed by atoms with Crippen molar-refractivity contribution in [3.8, 4) is 5.75 Å². The summed E-state index contributed by atoms with van der Waals surface area (Å²) in [7, 11) is 1.60. The first-order chi connectivity index (χ1) is 16.9. The van der Waals surface area contributed by atoms with Gasteiger partial charge in [-0.25, -0.2) is 4.98 Å². The molecule has 2 N–H and O–H groups in total. The molecule has 3 aromatic rings. The molecule has 1 fully saturated rings. The van der Waals surface area contributed by atoms with Gasteiger partial charge >= 0.3 is 0 Å². The Morgan fingerprint density at radius 1 is 1.17 bits per heavy atom. The van der Waals surface area contributed by atoms with Gasteiger partial charge in [0, 0.05) is 12.6 Å². The van der Waals surface area contributed by atoms with E-state index in [0.717, 1.165) is 24.2 Å². The number of carbonyl (C=O) groups excluding carboxylic acids is 3. The lowest BCUT2D eigenvalue weighted by molar-refractivity contribution is -0.133. The van der Waals surface area contributed by atoms with E-state index in [0.29, 0.717) is 12.3 Å². The van der Waals surface area contributed by atoms with Crippen LogP contribution in [0.2, 0.25) is 0 Å². The van der Waals surface area contributed by atoms with Gasteiger partial charge in [-0.15, -0.1) is 0 Å². The molecule has 3 heterocycles. The van der Waals surface area contributed by atoms with Gasteiger partial charge in [0.1, 0.15) is 22.7 Å². The summed E-state index contributed by atoms with van der Waals surface area (Å²) in [6.07, 6.45) is 4.62. The third kappa shape index (κ3) is 4.27. The third-order valence-electron chi connectivity index (χ3n) is 6.50. The minimum absolute atomic E-state index is 0.0399. The number of ether oxygens (including phenoxy) is 1. The second-order valence-electron chi connectivity index (χ2n) is 9.04. The number of rotatable bonds is 8. The Morgan fingerprint density at radius 3 is 2.60 bits per heavy atom. The van der Waals surface area contributed by atoms with E-state index in [1.165, 1.54) is 12.6 Å². The van der Waals surface area contributed by atoms with Crippen LogP contribution in [0.5, 0.6) is 5.75 Å². The standard InChI is InChI=1S/C25H27N5O5/c1-25(24(33)27-12-16-5-9-18(34-2)10-6-16)14-29-15-28-20(21(29)23(32)30(25)17-7-8-17)22(31)26-13-19-4-3-11-35-19/h3-6,9-11,15,17H,7-8,12-14H2,1-2H3,(H,26,31)(H,27,33)/t25-/m0/s1. The number of hydrogen-bond acceptors (Lipinski definition) is 6. The minimum Gasteiger partial charge on any atom is -0.497 e. The molecule has 0 saturated heterocycles. The molecule has 10 nitrogen and oxygen atoms in total. The highest BCUT2D eigenvalue weighted by molar-refractivity contribution is 6.07. The van der Waals surface area contributed by atoms with Crippen LogP contribution in [-0.4, -0.2) is 50.9 Å². The number of nitrogens with one attached hydrogen (secondary N) is 2. The number of benzene rings is 1. The molecule has 2 aromatic heterocycles. The van der Waals surface area contributed by atoms with Crippen LogP contribution < -0.4 is 15.4 Å². The van der Waals surface area contributed by atoms with E-state index in [4.69, 9.17) is 9.15 Å². The van der Waals surface area contributed by atoms with Gasteiger partial charge in [0.15, 0.2) is 5.69 Å². The maximum Gasteiger partial charge on any atom is 0.274 e. The number of hydrogen-bond donors (Lipinski definition) is 2. The zero-order valence-corrected chi connectivity index (χ0v) is 19.6. The smallest absolute Gasteiger partial charge is 0.274 e. The molecule has 1 aliphatic heterocycles. The van der Waals surface area contributed by atoms with E-state index < -0.39 is 11.4 Å². The Bertz CT molecular complexity index is 1250. The molecule has 3 amide bonds. The molecule has 0 radical (unpaired) electrons. The quantitative estimate of drug-likeness (QED) is 0.513. The van der Waals surface area contributed by atoms with Crippen LogP contribution in [0.3, 0.4) is 0 Å². The van der Waals surface area contributed by atoms with Gasteiger partial charge in [-0.2, -0.15) is 0 Å². The molecule has 1 saturated carbocycles. The van der Waals surface area contributed by atoms with Crippen LogP contribution in [0.25, 0.3) is 0 Å². The van der Waals surface area contributed by atoms with Gasteiger partial charge in [0.2, 0.25) is 5.91 Å². The summed E-state index contributed by atoms with van der Waals surface area (Å²) in [5.74, 6) is 0.255. The zero-order chi connectivity index (χ0) is 24.6. The highest BCUT2D eigenvalue weighted by Crippen LogP contribution is 2.38. The Kier molecular flexibility index (Phi) is 5.80. The zero-order valence-electron chi connectivity index (χ0n) is 19.6. The first-order valence-corrected chi connectivity index (χ1v) is 11.5. The van der Waals surface area contributed by atoms with Crippen molar-refractivity contribution in [2.75, 3.05) is 7.11 Å². The molecule has 35 heavy (non-hydrogen) atoms. The first-order valence-electron chi connectivity index (χ1n) is 11.5. The molecule has 182 valence electrons. The summed E-state index contributed by atoms with van der Waals surface area (Å²) < 4.78 is 12.0. The number of fused-ring (bicyclic) bond motifs is 1. The van der Waals surface area contributed by atoms with Crippen LogP contribution in [0, 0.1) is 0 Å². The lowest BCUT2D eigenvalue weighted by Gasteiger charge is -2.44. The van der Waals surface area contributed by atoms with E-state index >= 15 is 0 Å². The Balaban J connectivity index is 1.35. The van der Waals surface area contributed by atoms with Gasteiger partial charge in [-0.1, -0.05) is 12.1 Å². The van der Waals surface area contributed by atoms with Crippen molar-refractivity contribution >= 4 is 17.7 Å². The van der Waals surface area contributed by atoms with Gasteiger partial charge in [0.05, 0.1) is 32.8 Å². The largest absolute Gasteiger partial charge is 0.497 e. The predicted octanol–water partition coefficient (Wildman–Crippen LogP) is 2.11. The Morgan fingerprint density at radius 2 is 1.94 bits per heavy atom. The van der Waals surface area contributed by atoms with E-state index in [-0.39, 0.29) is 42.3 Å². The highest BCUT2D eigenvalue weighted by atomic mass is 16.5. The monoisotopic (exact) mass is 477 g/mol. The van der Waals surface area contributed by atoms with Crippen molar-refractivity contribution in [1.29, 1.82) is 0 Å². The normalized spacial score (nSPS) is 19.3. The Hall–Kier alpha value is -4.08. The van der Waals surface area contributed by atoms with Crippen molar-refractivity contribution in [3.63, 3.8) is 0 Å². The summed E-state index contributed by atoms with van der Waals surface area (Å²) in [5.41, 5.74) is 0.0595. The first kappa shape index (κ1) is 22.7. The average Bonchev–Trinajstić information content (AvgIpc) is 3.37. The van der Waals surface area contributed by atoms with E-state index in [1.807, 2.05) is 24.3 Å². The second-order valence-corrected chi connectivity index (χ2v) is 9.04. The van der Waals surface area contributed by atoms with Crippen molar-refractivity contribution in [3.05, 3.63) is 71.7 Å². The summed E-state index contributed by atoms with van der Waals surface area (Å²) in [4.78, 5) is 45.8. The maximum absolute atomic E-state index is 13.7. The number of imidazole rings is 1. The lowest BCUT2D eigenvalue weighted by Crippen LogP contribution is -2.64. The minimum atomic E-state index is -1.11. The molecule has 0 spiro atoms. The molecular formula is C25H27N5O5. The van der Waals surface area contributed by atoms with Gasteiger partial charge in [0.25, 0.3) is 11.8 Å². The molecule has 1 aliphatic carbocycles. The topological polar surface area (TPSA) is 119 Å². The molecule has 2 aliphatic rings. The fourth-order valence-corrected chi connectivity index (χ4v) is 4.50. The second kappa shape index (κ2) is 8.94. The molecule has 1 aromatic carbocycles. The maximum atomic E-state index is 13.7. The summed E-state index contributed by atoms with van der Waals surface area (Å²) in [6, 6.07) is 10.9. The van der Waals surface area contributed by atoms with E-state index in [2.05, 4.69) is 15.6 Å². The van der Waals surface area contributed by atoms with Crippen LogP contribution in [0.15, 0.2) is 53.4 Å². The van der Waals surface area contributed by atoms with Crippen molar-refractivity contribution in [2.24, 2.45) is 0 Å². The molecule has 1 atom stereocenters. The number of methoxy groups -OCH3 is 1. The lowest BCUT2D eigenvalue weighted by atomic mass is 9.93. The van der Waals surface area contributed by atoms with Gasteiger partial charge in [-0.3, -0.25) is 14.4 Å². The number of carbonyl (C=O) groups is 3. The molecular weight excluding hydrogens is 450 g/mol. The van der Waals surface area contributed by atoms with Crippen molar-refractivity contribution in [1.82, 2.24) is 25.1 Å². The van der Waals surface area contributed by atoms with Crippen molar-refractivity contribution in [2.45, 2.75) is 51.0 Å².